The van der Waals surface area contributed by atoms with E-state index >= 15 is 0 Å². The zero-order valence-corrected chi connectivity index (χ0v) is 19.3. The van der Waals surface area contributed by atoms with Crippen molar-refractivity contribution < 1.29 is 37.0 Å². The van der Waals surface area contributed by atoms with Gasteiger partial charge >= 0.3 is 18.0 Å². The van der Waals surface area contributed by atoms with Crippen LogP contribution < -0.4 is 25.5 Å². The van der Waals surface area contributed by atoms with Crippen molar-refractivity contribution in [3.05, 3.63) is 83.9 Å². The molecular weight excluding hydrogens is 493 g/mol. The van der Waals surface area contributed by atoms with Crippen molar-refractivity contribution in [3.8, 4) is 11.5 Å². The van der Waals surface area contributed by atoms with E-state index in [0.717, 1.165) is 12.1 Å². The lowest BCUT2D eigenvalue weighted by Gasteiger charge is -2.10. The van der Waals surface area contributed by atoms with Crippen LogP contribution in [0.15, 0.2) is 77.9 Å². The first-order valence-electron chi connectivity index (χ1n) is 10.6. The third-order valence-corrected chi connectivity index (χ3v) is 4.64. The van der Waals surface area contributed by atoms with E-state index in [1.54, 1.807) is 42.5 Å². The van der Waals surface area contributed by atoms with Gasteiger partial charge in [0.25, 0.3) is 5.91 Å². The summed E-state index contributed by atoms with van der Waals surface area (Å²) in [5.41, 5.74) is 2.07. The summed E-state index contributed by atoms with van der Waals surface area (Å²) in [6.45, 7) is -0.459. The van der Waals surface area contributed by atoms with Gasteiger partial charge in [-0.15, -0.1) is 0 Å². The first-order chi connectivity index (χ1) is 17.6. The number of hydrogen-bond donors (Lipinski definition) is 3. The van der Waals surface area contributed by atoms with E-state index in [1.165, 1.54) is 31.5 Å². The standard InChI is InChI=1S/C25H21F3N4O5/c1-36-20-10-8-18(9-11-20)31-23(34)24(35)32-29-14-16-4-2-7-21(12-16)37-15-22(33)30-19-6-3-5-17(13-19)25(26,27)28/h2-14H,15H2,1H3,(H,30,33)(H,31,34)(H,32,35)/b29-14-. The highest BCUT2D eigenvalue weighted by atomic mass is 19.4. The van der Waals surface area contributed by atoms with E-state index in [-0.39, 0.29) is 11.4 Å². The molecule has 0 saturated carbocycles. The molecule has 3 rings (SSSR count). The van der Waals surface area contributed by atoms with Crippen LogP contribution in [0.25, 0.3) is 0 Å². The second kappa shape index (κ2) is 12.2. The van der Waals surface area contributed by atoms with Crippen molar-refractivity contribution >= 4 is 35.3 Å². The normalized spacial score (nSPS) is 11.0. The lowest BCUT2D eigenvalue weighted by atomic mass is 10.2. The van der Waals surface area contributed by atoms with Gasteiger partial charge in [-0.1, -0.05) is 18.2 Å². The maximum atomic E-state index is 12.8. The first kappa shape index (κ1) is 26.7. The monoisotopic (exact) mass is 514 g/mol. The van der Waals surface area contributed by atoms with Crippen LogP contribution in [-0.2, 0) is 20.6 Å². The Balaban J connectivity index is 1.48. The summed E-state index contributed by atoms with van der Waals surface area (Å²) in [5.74, 6) is -1.72. The number of hydrogen-bond acceptors (Lipinski definition) is 6. The van der Waals surface area contributed by atoms with E-state index in [0.29, 0.717) is 17.0 Å². The average Bonchev–Trinajstić information content (AvgIpc) is 2.88. The molecule has 12 heteroatoms. The zero-order chi connectivity index (χ0) is 26.8. The van der Waals surface area contributed by atoms with E-state index in [1.807, 2.05) is 0 Å². The number of carbonyl (C=O) groups is 3. The summed E-state index contributed by atoms with van der Waals surface area (Å²) < 4.78 is 48.8. The van der Waals surface area contributed by atoms with Crippen LogP contribution in [0.1, 0.15) is 11.1 Å². The van der Waals surface area contributed by atoms with Crippen LogP contribution in [0.3, 0.4) is 0 Å². The molecule has 0 fully saturated rings. The molecule has 3 aromatic rings. The fourth-order valence-electron chi connectivity index (χ4n) is 2.88. The molecule has 0 bridgehead atoms. The molecule has 3 amide bonds. The molecule has 0 radical (unpaired) electrons. The van der Waals surface area contributed by atoms with E-state index in [9.17, 15) is 27.6 Å². The van der Waals surface area contributed by atoms with Crippen LogP contribution >= 0.6 is 0 Å². The molecule has 9 nitrogen and oxygen atoms in total. The van der Waals surface area contributed by atoms with Crippen LogP contribution in [-0.4, -0.2) is 37.7 Å². The number of ether oxygens (including phenoxy) is 2. The quantitative estimate of drug-likeness (QED) is 0.240. The lowest BCUT2D eigenvalue weighted by Crippen LogP contribution is -2.32. The summed E-state index contributed by atoms with van der Waals surface area (Å²) >= 11 is 0. The number of carbonyl (C=O) groups excluding carboxylic acids is 3. The summed E-state index contributed by atoms with van der Waals surface area (Å²) in [7, 11) is 1.50. The predicted molar refractivity (Wildman–Crippen MR) is 129 cm³/mol. The van der Waals surface area contributed by atoms with Gasteiger partial charge in [-0.3, -0.25) is 14.4 Å². The molecule has 37 heavy (non-hydrogen) atoms. The summed E-state index contributed by atoms with van der Waals surface area (Å²) in [6, 6.07) is 16.9. The topological polar surface area (TPSA) is 118 Å². The molecule has 0 aromatic heterocycles. The highest BCUT2D eigenvalue weighted by Crippen LogP contribution is 2.30. The number of hydrazone groups is 1. The van der Waals surface area contributed by atoms with Crippen molar-refractivity contribution in [1.82, 2.24) is 5.43 Å². The van der Waals surface area contributed by atoms with Gasteiger partial charge in [0.2, 0.25) is 0 Å². The maximum absolute atomic E-state index is 12.8. The Hall–Kier alpha value is -4.87. The maximum Gasteiger partial charge on any atom is 0.416 e. The highest BCUT2D eigenvalue weighted by molar-refractivity contribution is 6.39. The molecule has 192 valence electrons. The molecule has 0 atom stereocenters. The largest absolute Gasteiger partial charge is 0.497 e. The average molecular weight is 514 g/mol. The third kappa shape index (κ3) is 8.38. The summed E-state index contributed by atoms with van der Waals surface area (Å²) in [6.07, 6.45) is -3.27. The Labute approximate surface area is 209 Å². The van der Waals surface area contributed by atoms with Crippen molar-refractivity contribution in [2.24, 2.45) is 5.10 Å². The van der Waals surface area contributed by atoms with Gasteiger partial charge in [0.1, 0.15) is 11.5 Å². The van der Waals surface area contributed by atoms with Gasteiger partial charge in [0.15, 0.2) is 6.61 Å². The van der Waals surface area contributed by atoms with Gasteiger partial charge in [0.05, 0.1) is 18.9 Å². The molecule has 0 aliphatic carbocycles. The number of rotatable bonds is 8. The van der Waals surface area contributed by atoms with Crippen molar-refractivity contribution in [2.45, 2.75) is 6.18 Å². The van der Waals surface area contributed by atoms with Crippen molar-refractivity contribution in [3.63, 3.8) is 0 Å². The van der Waals surface area contributed by atoms with Gasteiger partial charge < -0.3 is 20.1 Å². The van der Waals surface area contributed by atoms with E-state index < -0.39 is 36.1 Å². The molecule has 3 aromatic carbocycles. The Morgan fingerprint density at radius 1 is 0.865 bits per heavy atom. The van der Waals surface area contributed by atoms with Gasteiger partial charge in [0, 0.05) is 11.4 Å². The second-order valence-corrected chi connectivity index (χ2v) is 7.37. The summed E-state index contributed by atoms with van der Waals surface area (Å²) in [4.78, 5) is 36.0. The van der Waals surface area contributed by atoms with E-state index in [4.69, 9.17) is 9.47 Å². The molecule has 0 saturated heterocycles. The molecule has 3 N–H and O–H groups in total. The fraction of sp³-hybridized carbons (Fsp3) is 0.120. The molecule has 0 heterocycles. The predicted octanol–water partition coefficient (Wildman–Crippen LogP) is 3.82. The lowest BCUT2D eigenvalue weighted by molar-refractivity contribution is -0.137. The molecule has 0 aliphatic heterocycles. The number of amides is 3. The molecule has 0 spiro atoms. The van der Waals surface area contributed by atoms with Gasteiger partial charge in [-0.25, -0.2) is 5.43 Å². The minimum absolute atomic E-state index is 0.0175. The minimum Gasteiger partial charge on any atom is -0.497 e. The number of halogens is 3. The fourth-order valence-corrected chi connectivity index (χ4v) is 2.88. The number of nitrogens with zero attached hydrogens (tertiary/aromatic N) is 1. The first-order valence-corrected chi connectivity index (χ1v) is 10.6. The third-order valence-electron chi connectivity index (χ3n) is 4.64. The smallest absolute Gasteiger partial charge is 0.416 e. The number of alkyl halides is 3. The zero-order valence-electron chi connectivity index (χ0n) is 19.3. The van der Waals surface area contributed by atoms with Crippen LogP contribution in [0.2, 0.25) is 0 Å². The minimum atomic E-state index is -4.53. The highest BCUT2D eigenvalue weighted by Gasteiger charge is 2.30. The SMILES string of the molecule is COc1ccc(NC(=O)C(=O)N/N=C\c2cccc(OCC(=O)Nc3cccc(C(F)(F)F)c3)c2)cc1. The van der Waals surface area contributed by atoms with Crippen molar-refractivity contribution in [2.75, 3.05) is 24.4 Å². The Kier molecular flexibility index (Phi) is 8.81. The van der Waals surface area contributed by atoms with Crippen LogP contribution in [0.5, 0.6) is 11.5 Å². The summed E-state index contributed by atoms with van der Waals surface area (Å²) in [5, 5.41) is 8.47. The molecule has 0 aliphatic rings. The Morgan fingerprint density at radius 2 is 1.59 bits per heavy atom. The van der Waals surface area contributed by atoms with Gasteiger partial charge in [-0.2, -0.15) is 18.3 Å². The molecule has 0 unspecified atom stereocenters. The number of benzene rings is 3. The van der Waals surface area contributed by atoms with Gasteiger partial charge in [-0.05, 0) is 60.2 Å². The molecular formula is C25H21F3N4O5. The van der Waals surface area contributed by atoms with Crippen LogP contribution in [0, 0.1) is 0 Å². The Morgan fingerprint density at radius 3 is 2.30 bits per heavy atom. The van der Waals surface area contributed by atoms with E-state index in [2.05, 4.69) is 21.2 Å². The number of anilines is 2. The second-order valence-electron chi connectivity index (χ2n) is 7.37. The van der Waals surface area contributed by atoms with Crippen LogP contribution in [0.4, 0.5) is 24.5 Å². The number of nitrogens with one attached hydrogen (secondary N) is 3. The number of methoxy groups -OCH3 is 1. The van der Waals surface area contributed by atoms with Crippen molar-refractivity contribution in [1.29, 1.82) is 0 Å². The Bertz CT molecular complexity index is 1290.